The van der Waals surface area contributed by atoms with Crippen molar-refractivity contribution in [1.29, 1.82) is 0 Å². The molecule has 3 heterocycles. The maximum atomic E-state index is 13.1. The highest BCUT2D eigenvalue weighted by molar-refractivity contribution is 8.03. The Morgan fingerprint density at radius 3 is 2.88 bits per heavy atom. The molecule has 5 rings (SSSR count). The third kappa shape index (κ3) is 2.27. The van der Waals surface area contributed by atoms with E-state index in [9.17, 15) is 4.79 Å². The zero-order chi connectivity index (χ0) is 16.1. The van der Waals surface area contributed by atoms with Crippen LogP contribution in [-0.2, 0) is 29.8 Å². The third-order valence-electron chi connectivity index (χ3n) is 5.29. The van der Waals surface area contributed by atoms with Crippen molar-refractivity contribution >= 4 is 40.8 Å². The molecule has 0 radical (unpaired) electrons. The highest BCUT2D eigenvalue weighted by Gasteiger charge is 2.30. The van der Waals surface area contributed by atoms with Crippen LogP contribution < -0.4 is 4.90 Å². The van der Waals surface area contributed by atoms with E-state index < -0.39 is 0 Å². The Labute approximate surface area is 150 Å². The molecule has 0 saturated heterocycles. The molecule has 2 aliphatic heterocycles. The van der Waals surface area contributed by atoms with Crippen molar-refractivity contribution in [3.05, 3.63) is 55.6 Å². The molecule has 2 aromatic rings. The first-order valence-electron chi connectivity index (χ1n) is 8.69. The van der Waals surface area contributed by atoms with E-state index in [2.05, 4.69) is 24.3 Å². The van der Waals surface area contributed by atoms with Gasteiger partial charge in [0.15, 0.2) is 0 Å². The van der Waals surface area contributed by atoms with Crippen molar-refractivity contribution in [1.82, 2.24) is 0 Å². The molecule has 0 N–H and O–H groups in total. The zero-order valence-corrected chi connectivity index (χ0v) is 15.1. The normalized spacial score (nSPS) is 18.7. The number of nitrogens with zero attached hydrogens (tertiary/aromatic N) is 1. The lowest BCUT2D eigenvalue weighted by atomic mass is 9.95. The number of thiophene rings is 1. The van der Waals surface area contributed by atoms with E-state index in [1.165, 1.54) is 41.7 Å². The van der Waals surface area contributed by atoms with Crippen molar-refractivity contribution in [2.24, 2.45) is 0 Å². The van der Waals surface area contributed by atoms with E-state index in [0.717, 1.165) is 29.3 Å². The number of anilines is 1. The summed E-state index contributed by atoms with van der Waals surface area (Å²) in [5.41, 5.74) is 5.50. The molecule has 1 aliphatic carbocycles. The van der Waals surface area contributed by atoms with Gasteiger partial charge in [-0.05, 0) is 60.9 Å². The van der Waals surface area contributed by atoms with Gasteiger partial charge >= 0.3 is 0 Å². The van der Waals surface area contributed by atoms with Crippen LogP contribution in [0.15, 0.2) is 29.2 Å². The summed E-state index contributed by atoms with van der Waals surface area (Å²) in [7, 11) is 0. The molecule has 122 valence electrons. The van der Waals surface area contributed by atoms with Crippen molar-refractivity contribution in [3.8, 4) is 0 Å². The predicted octanol–water partition coefficient (Wildman–Crippen LogP) is 4.80. The standard InChI is InChI=1S/C20H19NOS2/c22-20(21-10-9-13-5-1-3-7-16(13)21)19-11-18-15(12-23-19)14-6-2-4-8-17(14)24-18/h1,3,5,7,11H,2,4,6,8-10,12H2. The molecule has 1 aromatic carbocycles. The van der Waals surface area contributed by atoms with Crippen molar-refractivity contribution < 1.29 is 4.79 Å². The van der Waals surface area contributed by atoms with Crippen LogP contribution in [0.2, 0.25) is 0 Å². The first-order chi connectivity index (χ1) is 11.8. The molecule has 1 amide bonds. The first kappa shape index (κ1) is 14.8. The molecule has 24 heavy (non-hydrogen) atoms. The van der Waals surface area contributed by atoms with Gasteiger partial charge in [0.1, 0.15) is 0 Å². The maximum Gasteiger partial charge on any atom is 0.264 e. The number of benzene rings is 1. The Balaban J connectivity index is 1.48. The van der Waals surface area contributed by atoms with Crippen LogP contribution >= 0.6 is 23.1 Å². The Bertz CT molecular complexity index is 865. The fourth-order valence-electron chi connectivity index (χ4n) is 4.04. The van der Waals surface area contributed by atoms with Crippen LogP contribution in [0.5, 0.6) is 0 Å². The van der Waals surface area contributed by atoms with Crippen LogP contribution in [0.1, 0.15) is 39.3 Å². The van der Waals surface area contributed by atoms with Crippen LogP contribution in [0.4, 0.5) is 5.69 Å². The third-order valence-corrected chi connectivity index (χ3v) is 7.61. The minimum absolute atomic E-state index is 0.182. The van der Waals surface area contributed by atoms with Crippen molar-refractivity contribution in [2.45, 2.75) is 37.9 Å². The van der Waals surface area contributed by atoms with E-state index in [-0.39, 0.29) is 5.91 Å². The van der Waals surface area contributed by atoms with Gasteiger partial charge in [-0.2, -0.15) is 0 Å². The van der Waals surface area contributed by atoms with Gasteiger partial charge in [-0.25, -0.2) is 0 Å². The molecule has 0 atom stereocenters. The summed E-state index contributed by atoms with van der Waals surface area (Å²) in [6.45, 7) is 0.809. The Hall–Kier alpha value is -1.52. The molecular weight excluding hydrogens is 334 g/mol. The zero-order valence-electron chi connectivity index (χ0n) is 13.5. The summed E-state index contributed by atoms with van der Waals surface area (Å²) in [6, 6.07) is 8.29. The monoisotopic (exact) mass is 353 g/mol. The molecular formula is C20H19NOS2. The van der Waals surface area contributed by atoms with Gasteiger partial charge in [0, 0.05) is 27.7 Å². The number of carbonyl (C=O) groups excluding carboxylic acids is 1. The SMILES string of the molecule is O=C(C1=Cc2sc3c(c2CS1)CCCC3)N1CCc2ccccc21. The summed E-state index contributed by atoms with van der Waals surface area (Å²) in [6.07, 6.45) is 8.24. The largest absolute Gasteiger partial charge is 0.307 e. The first-order valence-corrected chi connectivity index (χ1v) is 10.5. The second kappa shape index (κ2) is 5.78. The van der Waals surface area contributed by atoms with E-state index in [4.69, 9.17) is 0 Å². The summed E-state index contributed by atoms with van der Waals surface area (Å²) in [5.74, 6) is 1.15. The van der Waals surface area contributed by atoms with Gasteiger partial charge in [0.05, 0.1) is 4.91 Å². The average molecular weight is 354 g/mol. The van der Waals surface area contributed by atoms with Gasteiger partial charge in [-0.3, -0.25) is 4.79 Å². The number of amides is 1. The number of fused-ring (bicyclic) bond motifs is 4. The maximum absolute atomic E-state index is 13.1. The van der Waals surface area contributed by atoms with E-state index in [1.54, 1.807) is 22.2 Å². The van der Waals surface area contributed by atoms with Crippen LogP contribution in [-0.4, -0.2) is 12.5 Å². The number of hydrogen-bond acceptors (Lipinski definition) is 3. The molecule has 0 bridgehead atoms. The fraction of sp³-hybridized carbons (Fsp3) is 0.350. The number of carbonyl (C=O) groups is 1. The number of para-hydroxylation sites is 1. The lowest BCUT2D eigenvalue weighted by Gasteiger charge is -2.21. The fourth-order valence-corrected chi connectivity index (χ4v) is 6.63. The highest BCUT2D eigenvalue weighted by atomic mass is 32.2. The smallest absolute Gasteiger partial charge is 0.264 e. The van der Waals surface area contributed by atoms with Gasteiger partial charge in [-0.15, -0.1) is 23.1 Å². The van der Waals surface area contributed by atoms with Gasteiger partial charge in [0.2, 0.25) is 0 Å². The molecule has 0 saturated carbocycles. The summed E-state index contributed by atoms with van der Waals surface area (Å²) >= 11 is 3.66. The van der Waals surface area contributed by atoms with E-state index >= 15 is 0 Å². The summed E-state index contributed by atoms with van der Waals surface area (Å²) < 4.78 is 0. The molecule has 0 fully saturated rings. The summed E-state index contributed by atoms with van der Waals surface area (Å²) in [4.78, 5) is 18.9. The number of hydrogen-bond donors (Lipinski definition) is 0. The van der Waals surface area contributed by atoms with Crippen molar-refractivity contribution in [2.75, 3.05) is 11.4 Å². The predicted molar refractivity (Wildman–Crippen MR) is 103 cm³/mol. The summed E-state index contributed by atoms with van der Waals surface area (Å²) in [5, 5.41) is 0. The Kier molecular flexibility index (Phi) is 3.56. The number of aryl methyl sites for hydroxylation is 1. The van der Waals surface area contributed by atoms with Crippen LogP contribution in [0.25, 0.3) is 6.08 Å². The lowest BCUT2D eigenvalue weighted by Crippen LogP contribution is -2.29. The molecule has 2 nitrogen and oxygen atoms in total. The van der Waals surface area contributed by atoms with Crippen LogP contribution in [0.3, 0.4) is 0 Å². The second-order valence-electron chi connectivity index (χ2n) is 6.69. The quantitative estimate of drug-likeness (QED) is 0.734. The van der Waals surface area contributed by atoms with Crippen molar-refractivity contribution in [3.63, 3.8) is 0 Å². The Morgan fingerprint density at radius 2 is 1.92 bits per heavy atom. The highest BCUT2D eigenvalue weighted by Crippen LogP contribution is 2.43. The van der Waals surface area contributed by atoms with Gasteiger partial charge in [-0.1, -0.05) is 18.2 Å². The minimum Gasteiger partial charge on any atom is -0.307 e. The number of rotatable bonds is 1. The Morgan fingerprint density at radius 1 is 1.04 bits per heavy atom. The van der Waals surface area contributed by atoms with Crippen LogP contribution in [0, 0.1) is 0 Å². The molecule has 0 spiro atoms. The average Bonchev–Trinajstić information content (AvgIpc) is 3.22. The van der Waals surface area contributed by atoms with E-state index in [0.29, 0.717) is 0 Å². The number of thioether (sulfide) groups is 1. The van der Waals surface area contributed by atoms with Gasteiger partial charge in [0.25, 0.3) is 5.91 Å². The lowest BCUT2D eigenvalue weighted by molar-refractivity contribution is -0.114. The molecule has 4 heteroatoms. The topological polar surface area (TPSA) is 20.3 Å². The van der Waals surface area contributed by atoms with E-state index in [1.807, 2.05) is 22.3 Å². The molecule has 1 aromatic heterocycles. The van der Waals surface area contributed by atoms with Gasteiger partial charge < -0.3 is 4.90 Å². The molecule has 0 unspecified atom stereocenters. The second-order valence-corrected chi connectivity index (χ2v) is 8.84. The molecule has 3 aliphatic rings. The minimum atomic E-state index is 0.182.